The van der Waals surface area contributed by atoms with Gasteiger partial charge in [-0.15, -0.1) is 0 Å². The predicted octanol–water partition coefficient (Wildman–Crippen LogP) is 1.10. The molecule has 0 aromatic heterocycles. The number of carbonyl (C=O) groups excluding carboxylic acids is 3. The average Bonchev–Trinajstić information content (AvgIpc) is 2.68. The number of hydrogen-bond donors (Lipinski definition) is 1. The van der Waals surface area contributed by atoms with Crippen LogP contribution < -0.4 is 5.32 Å². The molecule has 0 aliphatic rings. The first-order valence-electron chi connectivity index (χ1n) is 8.51. The summed E-state index contributed by atoms with van der Waals surface area (Å²) in [6.45, 7) is 3.04. The molecule has 0 bridgehead atoms. The van der Waals surface area contributed by atoms with Gasteiger partial charge in [0.15, 0.2) is 16.4 Å². The fraction of sp³-hybridized carbons (Fsp3) is 0.500. The summed E-state index contributed by atoms with van der Waals surface area (Å²) in [5, 5.41) is 2.46. The monoisotopic (exact) mass is 399 g/mol. The number of rotatable bonds is 10. The number of ether oxygens (including phenoxy) is 2. The Hall–Kier alpha value is -2.42. The number of esters is 2. The van der Waals surface area contributed by atoms with Crippen LogP contribution in [0.2, 0.25) is 0 Å². The van der Waals surface area contributed by atoms with Gasteiger partial charge in [-0.3, -0.25) is 9.59 Å². The lowest BCUT2D eigenvalue weighted by Gasteiger charge is -2.21. The van der Waals surface area contributed by atoms with Crippen molar-refractivity contribution in [3.8, 4) is 0 Å². The zero-order valence-corrected chi connectivity index (χ0v) is 16.5. The quantitative estimate of drug-likeness (QED) is 0.586. The molecule has 0 aliphatic carbocycles. The van der Waals surface area contributed by atoms with Gasteiger partial charge < -0.3 is 14.8 Å². The summed E-state index contributed by atoms with van der Waals surface area (Å²) in [6, 6.07) is 6.90. The highest BCUT2D eigenvalue weighted by atomic mass is 32.2. The number of sulfone groups is 1. The van der Waals surface area contributed by atoms with Gasteiger partial charge in [-0.25, -0.2) is 13.2 Å². The summed E-state index contributed by atoms with van der Waals surface area (Å²) < 4.78 is 33.6. The molecule has 0 aliphatic heterocycles. The first kappa shape index (κ1) is 22.6. The van der Waals surface area contributed by atoms with E-state index in [0.717, 1.165) is 0 Å². The van der Waals surface area contributed by atoms with Crippen molar-refractivity contribution in [2.24, 2.45) is 5.92 Å². The van der Waals surface area contributed by atoms with E-state index in [0.29, 0.717) is 6.42 Å². The van der Waals surface area contributed by atoms with E-state index in [1.807, 2.05) is 6.92 Å². The van der Waals surface area contributed by atoms with E-state index in [4.69, 9.17) is 4.74 Å². The van der Waals surface area contributed by atoms with Crippen molar-refractivity contribution in [1.29, 1.82) is 0 Å². The SMILES string of the molecule is CC[C@@H](C)[C@@H](NC(=O)COC(=O)CCS(=O)(=O)c1ccccc1)C(=O)OC. The van der Waals surface area contributed by atoms with Gasteiger partial charge in [0.25, 0.3) is 5.91 Å². The molecule has 1 rings (SSSR count). The van der Waals surface area contributed by atoms with Gasteiger partial charge in [-0.2, -0.15) is 0 Å². The van der Waals surface area contributed by atoms with Crippen molar-refractivity contribution in [3.05, 3.63) is 30.3 Å². The first-order chi connectivity index (χ1) is 12.7. The lowest BCUT2D eigenvalue weighted by atomic mass is 9.99. The second kappa shape index (κ2) is 10.7. The van der Waals surface area contributed by atoms with Crippen LogP contribution >= 0.6 is 0 Å². The summed E-state index contributed by atoms with van der Waals surface area (Å²) in [5.41, 5.74) is 0. The molecule has 27 heavy (non-hydrogen) atoms. The number of hydrogen-bond acceptors (Lipinski definition) is 7. The number of amides is 1. The van der Waals surface area contributed by atoms with Crippen LogP contribution in [0.5, 0.6) is 0 Å². The third-order valence-corrected chi connectivity index (χ3v) is 5.76. The number of methoxy groups -OCH3 is 1. The molecule has 0 heterocycles. The van der Waals surface area contributed by atoms with Crippen LogP contribution in [-0.2, 0) is 33.7 Å². The van der Waals surface area contributed by atoms with Crippen LogP contribution in [0, 0.1) is 5.92 Å². The minimum Gasteiger partial charge on any atom is -0.467 e. The molecule has 150 valence electrons. The highest BCUT2D eigenvalue weighted by Gasteiger charge is 2.27. The minimum atomic E-state index is -3.60. The van der Waals surface area contributed by atoms with E-state index < -0.39 is 46.1 Å². The normalized spacial score (nSPS) is 13.3. The van der Waals surface area contributed by atoms with Crippen molar-refractivity contribution in [3.63, 3.8) is 0 Å². The van der Waals surface area contributed by atoms with Gasteiger partial charge in [-0.05, 0) is 18.1 Å². The Morgan fingerprint density at radius 1 is 1.15 bits per heavy atom. The Balaban J connectivity index is 2.49. The van der Waals surface area contributed by atoms with Crippen molar-refractivity contribution in [2.45, 2.75) is 37.6 Å². The average molecular weight is 399 g/mol. The molecule has 0 radical (unpaired) electrons. The number of nitrogens with one attached hydrogen (secondary N) is 1. The maximum Gasteiger partial charge on any atom is 0.328 e. The molecular formula is C18H25NO7S. The molecule has 1 amide bonds. The highest BCUT2D eigenvalue weighted by Crippen LogP contribution is 2.12. The van der Waals surface area contributed by atoms with E-state index >= 15 is 0 Å². The summed E-state index contributed by atoms with van der Waals surface area (Å²) in [5.74, 6) is -2.64. The lowest BCUT2D eigenvalue weighted by Crippen LogP contribution is -2.47. The highest BCUT2D eigenvalue weighted by molar-refractivity contribution is 7.91. The Morgan fingerprint density at radius 2 is 1.78 bits per heavy atom. The van der Waals surface area contributed by atoms with E-state index in [1.165, 1.54) is 19.2 Å². The third-order valence-electron chi connectivity index (χ3n) is 4.03. The maximum atomic E-state index is 12.1. The zero-order valence-electron chi connectivity index (χ0n) is 15.6. The second-order valence-corrected chi connectivity index (χ2v) is 8.11. The third kappa shape index (κ3) is 7.38. The Labute approximate surface area is 159 Å². The van der Waals surface area contributed by atoms with Gasteiger partial charge >= 0.3 is 11.9 Å². The fourth-order valence-electron chi connectivity index (χ4n) is 2.19. The van der Waals surface area contributed by atoms with Gasteiger partial charge in [0.1, 0.15) is 6.04 Å². The van der Waals surface area contributed by atoms with Crippen LogP contribution in [0.3, 0.4) is 0 Å². The fourth-order valence-corrected chi connectivity index (χ4v) is 3.44. The smallest absolute Gasteiger partial charge is 0.328 e. The first-order valence-corrected chi connectivity index (χ1v) is 10.2. The van der Waals surface area contributed by atoms with Crippen molar-refractivity contribution in [1.82, 2.24) is 5.32 Å². The van der Waals surface area contributed by atoms with Crippen molar-refractivity contribution < 1.29 is 32.3 Å². The maximum absolute atomic E-state index is 12.1. The molecule has 0 saturated carbocycles. The van der Waals surface area contributed by atoms with E-state index in [9.17, 15) is 22.8 Å². The molecule has 2 atom stereocenters. The van der Waals surface area contributed by atoms with Crippen LogP contribution in [0.4, 0.5) is 0 Å². The van der Waals surface area contributed by atoms with Gasteiger partial charge in [-0.1, -0.05) is 38.5 Å². The van der Waals surface area contributed by atoms with Gasteiger partial charge in [0, 0.05) is 0 Å². The number of benzene rings is 1. The molecule has 0 unspecified atom stereocenters. The van der Waals surface area contributed by atoms with E-state index in [2.05, 4.69) is 10.1 Å². The van der Waals surface area contributed by atoms with Gasteiger partial charge in [0.05, 0.1) is 24.2 Å². The molecule has 0 fully saturated rings. The standard InChI is InChI=1S/C18H25NO7S/c1-4-13(2)17(18(22)25-3)19-15(20)12-26-16(21)10-11-27(23,24)14-8-6-5-7-9-14/h5-9,13,17H,4,10-12H2,1-3H3,(H,19,20)/t13-,17-/m1/s1. The second-order valence-electron chi connectivity index (χ2n) is 6.00. The predicted molar refractivity (Wildman–Crippen MR) is 97.5 cm³/mol. The van der Waals surface area contributed by atoms with Crippen LogP contribution in [-0.4, -0.2) is 51.8 Å². The van der Waals surface area contributed by atoms with Crippen LogP contribution in [0.25, 0.3) is 0 Å². The van der Waals surface area contributed by atoms with E-state index in [-0.39, 0.29) is 17.2 Å². The van der Waals surface area contributed by atoms with Crippen LogP contribution in [0.1, 0.15) is 26.7 Å². The summed E-state index contributed by atoms with van der Waals surface area (Å²) >= 11 is 0. The topological polar surface area (TPSA) is 116 Å². The molecule has 0 spiro atoms. The van der Waals surface area contributed by atoms with Crippen molar-refractivity contribution in [2.75, 3.05) is 19.5 Å². The molecule has 9 heteroatoms. The largest absolute Gasteiger partial charge is 0.467 e. The number of carbonyl (C=O) groups is 3. The van der Waals surface area contributed by atoms with Gasteiger partial charge in [0.2, 0.25) is 0 Å². The molecule has 8 nitrogen and oxygen atoms in total. The molecule has 1 aromatic carbocycles. The molecule has 0 saturated heterocycles. The molecular weight excluding hydrogens is 374 g/mol. The van der Waals surface area contributed by atoms with Crippen molar-refractivity contribution >= 4 is 27.7 Å². The van der Waals surface area contributed by atoms with E-state index in [1.54, 1.807) is 25.1 Å². The summed E-state index contributed by atoms with van der Waals surface area (Å²) in [7, 11) is -2.39. The molecule has 1 aromatic rings. The zero-order chi connectivity index (χ0) is 20.4. The van der Waals surface area contributed by atoms with Crippen LogP contribution in [0.15, 0.2) is 35.2 Å². The Bertz CT molecular complexity index is 746. The summed E-state index contributed by atoms with van der Waals surface area (Å²) in [6.07, 6.45) is 0.257. The summed E-state index contributed by atoms with van der Waals surface area (Å²) in [4.78, 5) is 35.5. The lowest BCUT2D eigenvalue weighted by molar-refractivity contribution is -0.150. The molecule has 1 N–H and O–H groups in total. The minimum absolute atomic E-state index is 0.116. The Morgan fingerprint density at radius 3 is 2.33 bits per heavy atom. The Kier molecular flexibility index (Phi) is 8.93.